The van der Waals surface area contributed by atoms with Crippen LogP contribution >= 0.6 is 0 Å². The zero-order valence-corrected chi connectivity index (χ0v) is 18.2. The summed E-state index contributed by atoms with van der Waals surface area (Å²) in [6.45, 7) is 1.90. The molecule has 6 nitrogen and oxygen atoms in total. The second-order valence-corrected chi connectivity index (χ2v) is 9.28. The number of likely N-dealkylation sites (N-methyl/N-ethyl adjacent to an activating group) is 1. The van der Waals surface area contributed by atoms with E-state index in [-0.39, 0.29) is 11.8 Å². The minimum Gasteiger partial charge on any atom is -0.390 e. The molecule has 1 aromatic rings. The van der Waals surface area contributed by atoms with Gasteiger partial charge >= 0.3 is 0 Å². The molecule has 4 atom stereocenters. The summed E-state index contributed by atoms with van der Waals surface area (Å²) in [4.78, 5) is 26.4. The Morgan fingerprint density at radius 3 is 2.43 bits per heavy atom. The third-order valence-electron chi connectivity index (χ3n) is 7.20. The van der Waals surface area contributed by atoms with E-state index in [0.717, 1.165) is 18.4 Å². The van der Waals surface area contributed by atoms with Crippen molar-refractivity contribution >= 4 is 11.8 Å². The van der Waals surface area contributed by atoms with Gasteiger partial charge in [-0.05, 0) is 43.6 Å². The van der Waals surface area contributed by atoms with Crippen LogP contribution in [-0.4, -0.2) is 58.8 Å². The van der Waals surface area contributed by atoms with Crippen LogP contribution in [0.4, 0.5) is 0 Å². The molecule has 2 aliphatic rings. The first-order chi connectivity index (χ1) is 14.3. The summed E-state index contributed by atoms with van der Waals surface area (Å²) in [7, 11) is 1.75. The normalized spacial score (nSPS) is 29.9. The SMILES string of the molecule is CC(=O)NC[C@@]1(c2ccccc2)CC[C@H](O)[C@H](O)[C@@H](N(C)C(=O)CC2CCCC2)C1. The molecule has 3 rings (SSSR count). The highest BCUT2D eigenvalue weighted by Gasteiger charge is 2.45. The van der Waals surface area contributed by atoms with Crippen molar-refractivity contribution in [1.29, 1.82) is 0 Å². The summed E-state index contributed by atoms with van der Waals surface area (Å²) in [5.74, 6) is 0.338. The lowest BCUT2D eigenvalue weighted by atomic mass is 9.73. The molecular formula is C24H36N2O4. The number of hydrogen-bond donors (Lipinski definition) is 3. The summed E-state index contributed by atoms with van der Waals surface area (Å²) in [5.41, 5.74) is 0.597. The highest BCUT2D eigenvalue weighted by molar-refractivity contribution is 5.76. The Kier molecular flexibility index (Phi) is 7.53. The van der Waals surface area contributed by atoms with Gasteiger partial charge in [0.2, 0.25) is 11.8 Å². The van der Waals surface area contributed by atoms with Gasteiger partial charge in [0.15, 0.2) is 0 Å². The fourth-order valence-corrected chi connectivity index (χ4v) is 5.24. The maximum atomic E-state index is 13.0. The fraction of sp³-hybridized carbons (Fsp3) is 0.667. The maximum Gasteiger partial charge on any atom is 0.222 e. The molecule has 166 valence electrons. The van der Waals surface area contributed by atoms with E-state index < -0.39 is 23.7 Å². The van der Waals surface area contributed by atoms with Crippen LogP contribution in [0.25, 0.3) is 0 Å². The van der Waals surface area contributed by atoms with Gasteiger partial charge < -0.3 is 20.4 Å². The monoisotopic (exact) mass is 416 g/mol. The van der Waals surface area contributed by atoms with Gasteiger partial charge in [0.25, 0.3) is 0 Å². The number of carbonyl (C=O) groups is 2. The van der Waals surface area contributed by atoms with Gasteiger partial charge in [0, 0.05) is 32.4 Å². The maximum absolute atomic E-state index is 13.0. The average molecular weight is 417 g/mol. The Morgan fingerprint density at radius 2 is 1.80 bits per heavy atom. The quantitative estimate of drug-likeness (QED) is 0.621. The van der Waals surface area contributed by atoms with Crippen molar-refractivity contribution in [2.75, 3.05) is 13.6 Å². The van der Waals surface area contributed by atoms with Crippen molar-refractivity contribution in [3.63, 3.8) is 0 Å². The third kappa shape index (κ3) is 5.22. The third-order valence-corrected chi connectivity index (χ3v) is 7.20. The number of nitrogens with one attached hydrogen (secondary N) is 1. The van der Waals surface area contributed by atoms with Gasteiger partial charge in [-0.3, -0.25) is 9.59 Å². The molecular weight excluding hydrogens is 380 g/mol. The average Bonchev–Trinajstić information content (AvgIpc) is 3.21. The molecule has 0 aliphatic heterocycles. The highest BCUT2D eigenvalue weighted by atomic mass is 16.3. The standard InChI is InChI=1S/C24H36N2O4/c1-17(27)25-16-24(19-10-4-3-5-11-19)13-12-21(28)23(30)20(15-24)26(2)22(29)14-18-8-6-7-9-18/h3-5,10-11,18,20-21,23,28,30H,6-9,12-16H2,1-2H3,(H,25,27)/t20-,21-,23+,24+/m0/s1. The predicted octanol–water partition coefficient (Wildman–Crippen LogP) is 2.37. The molecule has 0 heterocycles. The molecule has 1 aromatic carbocycles. The molecule has 0 saturated heterocycles. The van der Waals surface area contributed by atoms with Crippen LogP contribution in [0, 0.1) is 5.92 Å². The summed E-state index contributed by atoms with van der Waals surface area (Å²) < 4.78 is 0. The van der Waals surface area contributed by atoms with Crippen molar-refractivity contribution < 1.29 is 19.8 Å². The summed E-state index contributed by atoms with van der Waals surface area (Å²) in [6, 6.07) is 9.43. The van der Waals surface area contributed by atoms with Crippen LogP contribution in [0.5, 0.6) is 0 Å². The Morgan fingerprint density at radius 1 is 1.13 bits per heavy atom. The van der Waals surface area contributed by atoms with Crippen LogP contribution in [-0.2, 0) is 15.0 Å². The van der Waals surface area contributed by atoms with E-state index in [0.29, 0.717) is 38.1 Å². The van der Waals surface area contributed by atoms with E-state index in [1.165, 1.54) is 19.8 Å². The van der Waals surface area contributed by atoms with Crippen LogP contribution in [0.15, 0.2) is 30.3 Å². The van der Waals surface area contributed by atoms with Crippen LogP contribution < -0.4 is 5.32 Å². The lowest BCUT2D eigenvalue weighted by Gasteiger charge is -2.40. The highest BCUT2D eigenvalue weighted by Crippen LogP contribution is 2.40. The van der Waals surface area contributed by atoms with Gasteiger partial charge in [-0.15, -0.1) is 0 Å². The predicted molar refractivity (Wildman–Crippen MR) is 116 cm³/mol. The molecule has 3 N–H and O–H groups in total. The Bertz CT molecular complexity index is 719. The van der Waals surface area contributed by atoms with Crippen LogP contribution in [0.2, 0.25) is 0 Å². The van der Waals surface area contributed by atoms with E-state index in [9.17, 15) is 19.8 Å². The van der Waals surface area contributed by atoms with Crippen molar-refractivity contribution in [2.45, 2.75) is 82.0 Å². The molecule has 2 fully saturated rings. The van der Waals surface area contributed by atoms with Crippen LogP contribution in [0.3, 0.4) is 0 Å². The molecule has 2 saturated carbocycles. The number of benzene rings is 1. The molecule has 0 bridgehead atoms. The largest absolute Gasteiger partial charge is 0.390 e. The number of hydrogen-bond acceptors (Lipinski definition) is 4. The number of aliphatic hydroxyl groups excluding tert-OH is 2. The van der Waals surface area contributed by atoms with E-state index in [1.807, 2.05) is 30.3 Å². The molecule has 0 aromatic heterocycles. The number of nitrogens with zero attached hydrogens (tertiary/aromatic N) is 1. The smallest absolute Gasteiger partial charge is 0.222 e. The number of rotatable bonds is 6. The van der Waals surface area contributed by atoms with Gasteiger partial charge in [0.05, 0.1) is 12.1 Å². The topological polar surface area (TPSA) is 89.9 Å². The summed E-state index contributed by atoms with van der Waals surface area (Å²) in [5, 5.41) is 24.5. The van der Waals surface area contributed by atoms with Gasteiger partial charge in [0.1, 0.15) is 6.10 Å². The van der Waals surface area contributed by atoms with Crippen molar-refractivity contribution in [3.8, 4) is 0 Å². The molecule has 30 heavy (non-hydrogen) atoms. The second kappa shape index (κ2) is 9.92. The second-order valence-electron chi connectivity index (χ2n) is 9.28. The Labute approximate surface area is 179 Å². The molecule has 0 spiro atoms. The summed E-state index contributed by atoms with van der Waals surface area (Å²) in [6.07, 6.45) is 4.65. The summed E-state index contributed by atoms with van der Waals surface area (Å²) >= 11 is 0. The number of amides is 2. The molecule has 2 amide bonds. The number of aliphatic hydroxyl groups is 2. The minimum atomic E-state index is -1.01. The molecule has 6 heteroatoms. The molecule has 0 unspecified atom stereocenters. The molecule has 2 aliphatic carbocycles. The van der Waals surface area contributed by atoms with E-state index in [4.69, 9.17) is 0 Å². The first kappa shape index (κ1) is 22.8. The van der Waals surface area contributed by atoms with Crippen molar-refractivity contribution in [3.05, 3.63) is 35.9 Å². The fourth-order valence-electron chi connectivity index (χ4n) is 5.24. The Hall–Kier alpha value is -1.92. The first-order valence-corrected chi connectivity index (χ1v) is 11.2. The van der Waals surface area contributed by atoms with E-state index in [1.54, 1.807) is 11.9 Å². The van der Waals surface area contributed by atoms with Crippen LogP contribution in [0.1, 0.15) is 63.9 Å². The lowest BCUT2D eigenvalue weighted by molar-refractivity contribution is -0.137. The zero-order chi connectivity index (χ0) is 21.7. The van der Waals surface area contributed by atoms with Crippen molar-refractivity contribution in [1.82, 2.24) is 10.2 Å². The van der Waals surface area contributed by atoms with E-state index >= 15 is 0 Å². The molecule has 0 radical (unpaired) electrons. The minimum absolute atomic E-state index is 0.0292. The first-order valence-electron chi connectivity index (χ1n) is 11.2. The van der Waals surface area contributed by atoms with Crippen molar-refractivity contribution in [2.24, 2.45) is 5.92 Å². The zero-order valence-electron chi connectivity index (χ0n) is 18.2. The Balaban J connectivity index is 1.88. The van der Waals surface area contributed by atoms with Gasteiger partial charge in [-0.25, -0.2) is 0 Å². The lowest BCUT2D eigenvalue weighted by Crippen LogP contribution is -2.52. The van der Waals surface area contributed by atoms with Gasteiger partial charge in [-0.2, -0.15) is 0 Å². The van der Waals surface area contributed by atoms with E-state index in [2.05, 4.69) is 5.32 Å². The number of carbonyl (C=O) groups excluding carboxylic acids is 2. The van der Waals surface area contributed by atoms with Gasteiger partial charge in [-0.1, -0.05) is 43.2 Å².